The van der Waals surface area contributed by atoms with E-state index in [0.29, 0.717) is 6.79 Å². The number of halogens is 1. The minimum Gasteiger partial charge on any atom is -1.00 e. The number of morpholine rings is 1. The molecule has 1 aliphatic heterocycles. The first kappa shape index (κ1) is 30.1. The number of ether oxygens (including phenoxy) is 3. The van der Waals surface area contributed by atoms with Crippen molar-refractivity contribution in [3.63, 3.8) is 0 Å². The second kappa shape index (κ2) is 25.4. The number of rotatable bonds is 22. The molecule has 0 unspecified atom stereocenters. The second-order valence-electron chi connectivity index (χ2n) is 8.85. The van der Waals surface area contributed by atoms with Gasteiger partial charge in [-0.1, -0.05) is 103 Å². The van der Waals surface area contributed by atoms with E-state index in [-0.39, 0.29) is 12.4 Å². The lowest BCUT2D eigenvalue weighted by Crippen LogP contribution is -3.14. The number of unbranched alkanes of at least 4 members (excludes halogenated alkanes) is 15. The molecule has 1 rings (SSSR count). The molecular weight excluding hydrogens is 398 g/mol. The largest absolute Gasteiger partial charge is 1.00 e. The van der Waals surface area contributed by atoms with E-state index in [9.17, 15) is 0 Å². The molecule has 1 N–H and O–H groups in total. The Hall–Kier alpha value is 0.130. The minimum absolute atomic E-state index is 0. The summed E-state index contributed by atoms with van der Waals surface area (Å²) in [5.74, 6) is 0. The normalized spacial score (nSPS) is 14.7. The maximum atomic E-state index is 5.59. The molecule has 0 aromatic carbocycles. The Kier molecular flexibility index (Phi) is 25.5. The molecule has 1 saturated heterocycles. The molecule has 0 aromatic rings. The van der Waals surface area contributed by atoms with Gasteiger partial charge in [-0.25, -0.2) is 0 Å². The molecule has 0 aromatic heterocycles. The van der Waals surface area contributed by atoms with Gasteiger partial charge in [-0.05, 0) is 6.42 Å². The number of quaternary nitrogens is 1. The van der Waals surface area contributed by atoms with Crippen LogP contribution in [0.4, 0.5) is 0 Å². The summed E-state index contributed by atoms with van der Waals surface area (Å²) in [7, 11) is 0. The van der Waals surface area contributed by atoms with Crippen LogP contribution in [0.3, 0.4) is 0 Å². The fraction of sp³-hybridized carbons (Fsp3) is 1.00. The molecule has 0 amide bonds. The molecule has 182 valence electrons. The van der Waals surface area contributed by atoms with Crippen LogP contribution >= 0.6 is 0 Å². The Morgan fingerprint density at radius 3 is 1.53 bits per heavy atom. The maximum Gasteiger partial charge on any atom is 0.147 e. The van der Waals surface area contributed by atoms with Crippen LogP contribution in [0.5, 0.6) is 0 Å². The molecule has 1 fully saturated rings. The fourth-order valence-electron chi connectivity index (χ4n) is 4.06. The molecule has 0 bridgehead atoms. The SMILES string of the molecule is CCCCCCCCCCCCCCCCCCOCOCC[NH+]1CCOCC1.[Cl-]. The van der Waals surface area contributed by atoms with Gasteiger partial charge in [-0.2, -0.15) is 0 Å². The van der Waals surface area contributed by atoms with Gasteiger partial charge in [0.2, 0.25) is 0 Å². The monoisotopic (exact) mass is 449 g/mol. The Labute approximate surface area is 194 Å². The van der Waals surface area contributed by atoms with Gasteiger partial charge in [-0.15, -0.1) is 0 Å². The van der Waals surface area contributed by atoms with E-state index in [2.05, 4.69) is 6.92 Å². The van der Waals surface area contributed by atoms with E-state index in [1.807, 2.05) is 0 Å². The average Bonchev–Trinajstić information content (AvgIpc) is 2.75. The third-order valence-electron chi connectivity index (χ3n) is 6.11. The first-order chi connectivity index (χ1) is 14.4. The minimum atomic E-state index is 0. The highest BCUT2D eigenvalue weighted by atomic mass is 35.5. The zero-order valence-corrected chi connectivity index (χ0v) is 20.8. The van der Waals surface area contributed by atoms with Crippen molar-refractivity contribution < 1.29 is 31.5 Å². The summed E-state index contributed by atoms with van der Waals surface area (Å²) in [6.07, 6.45) is 22.5. The lowest BCUT2D eigenvalue weighted by Gasteiger charge is -2.23. The van der Waals surface area contributed by atoms with E-state index < -0.39 is 0 Å². The predicted molar refractivity (Wildman–Crippen MR) is 123 cm³/mol. The van der Waals surface area contributed by atoms with Crippen molar-refractivity contribution in [2.24, 2.45) is 0 Å². The molecule has 0 aliphatic carbocycles. The quantitative estimate of drug-likeness (QED) is 0.203. The predicted octanol–water partition coefficient (Wildman–Crippen LogP) is 2.16. The van der Waals surface area contributed by atoms with Crippen LogP contribution in [0.2, 0.25) is 0 Å². The highest BCUT2D eigenvalue weighted by Gasteiger charge is 2.12. The van der Waals surface area contributed by atoms with Crippen LogP contribution < -0.4 is 17.3 Å². The first-order valence-electron chi connectivity index (χ1n) is 13.0. The molecule has 30 heavy (non-hydrogen) atoms. The van der Waals surface area contributed by atoms with Gasteiger partial charge in [0.05, 0.1) is 19.8 Å². The Bertz CT molecular complexity index is 315. The van der Waals surface area contributed by atoms with E-state index in [1.54, 1.807) is 4.90 Å². The van der Waals surface area contributed by atoms with Gasteiger partial charge >= 0.3 is 0 Å². The summed E-state index contributed by atoms with van der Waals surface area (Å²) in [5.41, 5.74) is 0. The number of nitrogens with one attached hydrogen (secondary N) is 1. The van der Waals surface area contributed by atoms with Crippen LogP contribution in [-0.4, -0.2) is 52.9 Å². The molecule has 0 radical (unpaired) electrons. The summed E-state index contributed by atoms with van der Waals surface area (Å²) < 4.78 is 16.5. The Balaban J connectivity index is 0.00000841. The van der Waals surface area contributed by atoms with Gasteiger partial charge in [0, 0.05) is 6.61 Å². The maximum absolute atomic E-state index is 5.59. The van der Waals surface area contributed by atoms with Crippen molar-refractivity contribution in [1.82, 2.24) is 0 Å². The van der Waals surface area contributed by atoms with Crippen LogP contribution in [0.25, 0.3) is 0 Å². The summed E-state index contributed by atoms with van der Waals surface area (Å²) >= 11 is 0. The Morgan fingerprint density at radius 1 is 0.600 bits per heavy atom. The lowest BCUT2D eigenvalue weighted by molar-refractivity contribution is -0.908. The van der Waals surface area contributed by atoms with Crippen molar-refractivity contribution in [2.45, 2.75) is 110 Å². The van der Waals surface area contributed by atoms with E-state index in [4.69, 9.17) is 14.2 Å². The fourth-order valence-corrected chi connectivity index (χ4v) is 4.06. The summed E-state index contributed by atoms with van der Waals surface area (Å²) in [4.78, 5) is 1.59. The van der Waals surface area contributed by atoms with Crippen LogP contribution in [0, 0.1) is 0 Å². The molecule has 0 saturated carbocycles. The first-order valence-corrected chi connectivity index (χ1v) is 13.0. The number of hydrogen-bond acceptors (Lipinski definition) is 3. The van der Waals surface area contributed by atoms with Crippen LogP contribution in [0.15, 0.2) is 0 Å². The topological polar surface area (TPSA) is 32.1 Å². The standard InChI is InChI=1S/C25H51NO3.ClH/c1-2-3-4-5-6-7-8-9-10-11-12-13-14-15-16-17-21-28-25-29-24-20-26-18-22-27-23-19-26;/h2-25H2,1H3;1H. The van der Waals surface area contributed by atoms with Crippen LogP contribution in [0.1, 0.15) is 110 Å². The zero-order chi connectivity index (χ0) is 20.7. The average molecular weight is 450 g/mol. The molecule has 1 aliphatic rings. The van der Waals surface area contributed by atoms with Gasteiger partial charge in [-0.3, -0.25) is 0 Å². The second-order valence-corrected chi connectivity index (χ2v) is 8.85. The van der Waals surface area contributed by atoms with Gasteiger partial charge < -0.3 is 31.5 Å². The van der Waals surface area contributed by atoms with Gasteiger partial charge in [0.1, 0.15) is 26.4 Å². The number of hydrogen-bond donors (Lipinski definition) is 1. The van der Waals surface area contributed by atoms with E-state index in [0.717, 1.165) is 46.1 Å². The summed E-state index contributed by atoms with van der Waals surface area (Å²) in [6.45, 7) is 9.50. The van der Waals surface area contributed by atoms with Gasteiger partial charge in [0.25, 0.3) is 0 Å². The molecule has 0 atom stereocenters. The van der Waals surface area contributed by atoms with Crippen molar-refractivity contribution in [3.8, 4) is 0 Å². The third kappa shape index (κ3) is 21.4. The van der Waals surface area contributed by atoms with E-state index in [1.165, 1.54) is 103 Å². The third-order valence-corrected chi connectivity index (χ3v) is 6.11. The van der Waals surface area contributed by atoms with E-state index >= 15 is 0 Å². The van der Waals surface area contributed by atoms with Crippen molar-refractivity contribution in [2.75, 3.05) is 52.9 Å². The lowest BCUT2D eigenvalue weighted by atomic mass is 10.0. The zero-order valence-electron chi connectivity index (χ0n) is 20.1. The summed E-state index contributed by atoms with van der Waals surface area (Å²) in [6, 6.07) is 0. The Morgan fingerprint density at radius 2 is 1.03 bits per heavy atom. The highest BCUT2D eigenvalue weighted by molar-refractivity contribution is 4.50. The van der Waals surface area contributed by atoms with Gasteiger partial charge in [0.15, 0.2) is 0 Å². The van der Waals surface area contributed by atoms with Crippen molar-refractivity contribution in [1.29, 1.82) is 0 Å². The molecular formula is C25H52ClNO3. The molecule has 4 nitrogen and oxygen atoms in total. The van der Waals surface area contributed by atoms with Crippen molar-refractivity contribution >= 4 is 0 Å². The smallest absolute Gasteiger partial charge is 0.147 e. The molecule has 5 heteroatoms. The van der Waals surface area contributed by atoms with Crippen molar-refractivity contribution in [3.05, 3.63) is 0 Å². The summed E-state index contributed by atoms with van der Waals surface area (Å²) in [5, 5.41) is 0. The molecule has 1 heterocycles. The molecule has 0 spiro atoms. The highest BCUT2D eigenvalue weighted by Crippen LogP contribution is 2.13. The van der Waals surface area contributed by atoms with Crippen LogP contribution in [-0.2, 0) is 14.2 Å².